The third-order valence-corrected chi connectivity index (χ3v) is 4.27. The molecule has 1 N–H and O–H groups in total. The van der Waals surface area contributed by atoms with Crippen molar-refractivity contribution in [3.05, 3.63) is 23.9 Å². The lowest BCUT2D eigenvalue weighted by Gasteiger charge is -2.21. The van der Waals surface area contributed by atoms with Crippen LogP contribution in [0.2, 0.25) is 0 Å². The monoisotopic (exact) mass is 276 g/mol. The Morgan fingerprint density at radius 1 is 1.39 bits per heavy atom. The molecule has 0 aliphatic carbocycles. The second-order valence-electron chi connectivity index (χ2n) is 4.30. The normalized spacial score (nSPS) is 20.7. The maximum absolute atomic E-state index is 12.5. The molecular weight excluding hydrogens is 261 g/mol. The van der Waals surface area contributed by atoms with Crippen LogP contribution in [0.4, 0.5) is 19.0 Å². The third kappa shape index (κ3) is 3.80. The molecule has 0 aromatic carbocycles. The van der Waals surface area contributed by atoms with Gasteiger partial charge in [0.05, 0.1) is 5.56 Å². The molecule has 2 heterocycles. The van der Waals surface area contributed by atoms with E-state index in [4.69, 9.17) is 0 Å². The van der Waals surface area contributed by atoms with E-state index < -0.39 is 11.7 Å². The van der Waals surface area contributed by atoms with Gasteiger partial charge in [-0.2, -0.15) is 24.9 Å². The van der Waals surface area contributed by atoms with Crippen molar-refractivity contribution in [2.24, 2.45) is 0 Å². The van der Waals surface area contributed by atoms with Crippen LogP contribution in [0.15, 0.2) is 18.3 Å². The van der Waals surface area contributed by atoms with Crippen molar-refractivity contribution < 1.29 is 13.2 Å². The molecule has 1 atom stereocenters. The van der Waals surface area contributed by atoms with E-state index in [-0.39, 0.29) is 0 Å². The minimum absolute atomic E-state index is 0.302. The van der Waals surface area contributed by atoms with Crippen molar-refractivity contribution in [1.82, 2.24) is 4.98 Å². The van der Waals surface area contributed by atoms with Crippen LogP contribution in [0.3, 0.4) is 0 Å². The molecule has 0 radical (unpaired) electrons. The standard InChI is InChI=1S/C12H15F3N2S/c13-12(14,15)9-4-5-16-11(7-9)17-8-10-3-1-2-6-18-10/h4-5,7,10H,1-3,6,8H2,(H,16,17). The van der Waals surface area contributed by atoms with Crippen LogP contribution in [0.1, 0.15) is 24.8 Å². The van der Waals surface area contributed by atoms with Crippen LogP contribution >= 0.6 is 11.8 Å². The SMILES string of the molecule is FC(F)(F)c1ccnc(NCC2CCCCS2)c1. The maximum atomic E-state index is 12.5. The van der Waals surface area contributed by atoms with E-state index in [0.29, 0.717) is 17.6 Å². The number of hydrogen-bond acceptors (Lipinski definition) is 3. The van der Waals surface area contributed by atoms with Crippen molar-refractivity contribution in [2.75, 3.05) is 17.6 Å². The van der Waals surface area contributed by atoms with Gasteiger partial charge >= 0.3 is 6.18 Å². The fraction of sp³-hybridized carbons (Fsp3) is 0.583. The molecular formula is C12H15F3N2S. The first-order valence-electron chi connectivity index (χ1n) is 5.94. The zero-order valence-corrected chi connectivity index (χ0v) is 10.7. The third-order valence-electron chi connectivity index (χ3n) is 2.87. The maximum Gasteiger partial charge on any atom is 0.416 e. The van der Waals surface area contributed by atoms with Gasteiger partial charge in [-0.3, -0.25) is 0 Å². The first-order chi connectivity index (χ1) is 8.55. The summed E-state index contributed by atoms with van der Waals surface area (Å²) in [5, 5.41) is 3.48. The topological polar surface area (TPSA) is 24.9 Å². The summed E-state index contributed by atoms with van der Waals surface area (Å²) in [6.07, 6.45) is 0.451. The summed E-state index contributed by atoms with van der Waals surface area (Å²) in [4.78, 5) is 3.92. The second-order valence-corrected chi connectivity index (χ2v) is 5.71. The second kappa shape index (κ2) is 5.82. The van der Waals surface area contributed by atoms with Crippen LogP contribution in [0, 0.1) is 0 Å². The van der Waals surface area contributed by atoms with E-state index in [1.165, 1.54) is 19.0 Å². The highest BCUT2D eigenvalue weighted by atomic mass is 32.2. The number of nitrogens with zero attached hydrogens (tertiary/aromatic N) is 1. The predicted molar refractivity (Wildman–Crippen MR) is 67.8 cm³/mol. The molecule has 2 rings (SSSR count). The zero-order chi connectivity index (χ0) is 13.0. The fourth-order valence-corrected chi connectivity index (χ4v) is 3.13. The predicted octanol–water partition coefficient (Wildman–Crippen LogP) is 3.80. The Kier molecular flexibility index (Phi) is 4.37. The van der Waals surface area contributed by atoms with Crippen molar-refractivity contribution in [2.45, 2.75) is 30.7 Å². The summed E-state index contributed by atoms with van der Waals surface area (Å²) < 4.78 is 37.5. The number of anilines is 1. The minimum Gasteiger partial charge on any atom is -0.369 e. The molecule has 1 aromatic rings. The van der Waals surface area contributed by atoms with Crippen molar-refractivity contribution in [3.63, 3.8) is 0 Å². The molecule has 0 amide bonds. The van der Waals surface area contributed by atoms with Crippen molar-refractivity contribution in [1.29, 1.82) is 0 Å². The molecule has 18 heavy (non-hydrogen) atoms. The molecule has 1 saturated heterocycles. The van der Waals surface area contributed by atoms with Gasteiger partial charge in [-0.15, -0.1) is 0 Å². The molecule has 2 nitrogen and oxygen atoms in total. The highest BCUT2D eigenvalue weighted by Gasteiger charge is 2.30. The highest BCUT2D eigenvalue weighted by molar-refractivity contribution is 7.99. The van der Waals surface area contributed by atoms with Gasteiger partial charge in [0.2, 0.25) is 0 Å². The number of thioether (sulfide) groups is 1. The molecule has 1 unspecified atom stereocenters. The largest absolute Gasteiger partial charge is 0.416 e. The van der Waals surface area contributed by atoms with E-state index in [9.17, 15) is 13.2 Å². The number of alkyl halides is 3. The van der Waals surface area contributed by atoms with Crippen molar-refractivity contribution >= 4 is 17.6 Å². The molecule has 0 saturated carbocycles. The first-order valence-corrected chi connectivity index (χ1v) is 6.99. The van der Waals surface area contributed by atoms with Gasteiger partial charge in [0.15, 0.2) is 0 Å². The van der Waals surface area contributed by atoms with Gasteiger partial charge in [-0.05, 0) is 30.7 Å². The van der Waals surface area contributed by atoms with E-state index in [0.717, 1.165) is 24.3 Å². The van der Waals surface area contributed by atoms with Gasteiger partial charge in [0.25, 0.3) is 0 Å². The molecule has 1 aliphatic rings. The molecule has 0 spiro atoms. The van der Waals surface area contributed by atoms with Gasteiger partial charge in [0.1, 0.15) is 5.82 Å². The summed E-state index contributed by atoms with van der Waals surface area (Å²) in [5.41, 5.74) is -0.656. The van der Waals surface area contributed by atoms with Crippen LogP contribution in [0.5, 0.6) is 0 Å². The van der Waals surface area contributed by atoms with Gasteiger partial charge in [-0.1, -0.05) is 6.42 Å². The Morgan fingerprint density at radius 3 is 2.89 bits per heavy atom. The van der Waals surface area contributed by atoms with Crippen LogP contribution in [0.25, 0.3) is 0 Å². The molecule has 100 valence electrons. The lowest BCUT2D eigenvalue weighted by Crippen LogP contribution is -2.20. The Balaban J connectivity index is 1.92. The summed E-state index contributed by atoms with van der Waals surface area (Å²) >= 11 is 1.88. The number of hydrogen-bond donors (Lipinski definition) is 1. The molecule has 1 aromatic heterocycles. The van der Waals surface area contributed by atoms with Crippen LogP contribution in [-0.4, -0.2) is 22.5 Å². The van der Waals surface area contributed by atoms with E-state index in [1.54, 1.807) is 0 Å². The Morgan fingerprint density at radius 2 is 2.22 bits per heavy atom. The summed E-state index contributed by atoms with van der Waals surface area (Å²) in [6, 6.07) is 2.05. The van der Waals surface area contributed by atoms with E-state index in [1.807, 2.05) is 11.8 Å². The molecule has 0 bridgehead atoms. The Bertz CT molecular complexity index is 389. The number of pyridine rings is 1. The van der Waals surface area contributed by atoms with Gasteiger partial charge in [-0.25, -0.2) is 4.98 Å². The van der Waals surface area contributed by atoms with Gasteiger partial charge < -0.3 is 5.32 Å². The lowest BCUT2D eigenvalue weighted by atomic mass is 10.2. The molecule has 6 heteroatoms. The summed E-state index contributed by atoms with van der Waals surface area (Å²) in [6.45, 7) is 0.680. The van der Waals surface area contributed by atoms with Crippen molar-refractivity contribution in [3.8, 4) is 0 Å². The smallest absolute Gasteiger partial charge is 0.369 e. The number of aromatic nitrogens is 1. The first kappa shape index (κ1) is 13.5. The number of nitrogens with one attached hydrogen (secondary N) is 1. The molecule has 1 aliphatic heterocycles. The average Bonchev–Trinajstić information content (AvgIpc) is 2.37. The Hall–Kier alpha value is -0.910. The van der Waals surface area contributed by atoms with E-state index in [2.05, 4.69) is 10.3 Å². The van der Waals surface area contributed by atoms with Crippen LogP contribution < -0.4 is 5.32 Å². The van der Waals surface area contributed by atoms with E-state index >= 15 is 0 Å². The zero-order valence-electron chi connectivity index (χ0n) is 9.83. The lowest BCUT2D eigenvalue weighted by molar-refractivity contribution is -0.137. The quantitative estimate of drug-likeness (QED) is 0.909. The molecule has 1 fully saturated rings. The number of halogens is 3. The summed E-state index contributed by atoms with van der Waals surface area (Å²) in [5.74, 6) is 1.44. The fourth-order valence-electron chi connectivity index (χ4n) is 1.89. The average molecular weight is 276 g/mol. The highest BCUT2D eigenvalue weighted by Crippen LogP contribution is 2.30. The Labute approximate surface area is 108 Å². The number of rotatable bonds is 3. The van der Waals surface area contributed by atoms with Crippen LogP contribution in [-0.2, 0) is 6.18 Å². The minimum atomic E-state index is -4.31. The van der Waals surface area contributed by atoms with Gasteiger partial charge in [0, 0.05) is 18.0 Å². The summed E-state index contributed by atoms with van der Waals surface area (Å²) in [7, 11) is 0.